The minimum Gasteiger partial charge on any atom is -0.744 e. The molecule has 0 fully saturated rings. The molecule has 0 saturated heterocycles. The van der Waals surface area contributed by atoms with Crippen LogP contribution in [0.5, 0.6) is 11.5 Å². The van der Waals surface area contributed by atoms with Crippen LogP contribution in [0.25, 0.3) is 10.8 Å². The number of ether oxygens (including phenoxy) is 1. The van der Waals surface area contributed by atoms with E-state index in [1.165, 1.54) is 17.9 Å². The van der Waals surface area contributed by atoms with Gasteiger partial charge in [0, 0.05) is 35.9 Å². The van der Waals surface area contributed by atoms with Gasteiger partial charge in [-0.15, -0.1) is 5.11 Å². The predicted octanol–water partition coefficient (Wildman–Crippen LogP) is 3.30. The number of carbonyl (C=O) groups is 1. The van der Waals surface area contributed by atoms with E-state index < -0.39 is 26.5 Å². The number of amides is 1. The molecule has 4 rings (SSSR count). The van der Waals surface area contributed by atoms with Crippen molar-refractivity contribution < 1.29 is 57.2 Å². The number of nitrogens with one attached hydrogen (secondary N) is 1. The summed E-state index contributed by atoms with van der Waals surface area (Å²) in [6.45, 7) is 5.48. The van der Waals surface area contributed by atoms with E-state index in [0.29, 0.717) is 40.3 Å². The number of aromatic hydroxyl groups is 1. The minimum atomic E-state index is -5.01. The fourth-order valence-corrected chi connectivity index (χ4v) is 4.76. The molecule has 0 aromatic heterocycles. The number of anilines is 3. The number of hydrogen-bond acceptors (Lipinski definition) is 9. The van der Waals surface area contributed by atoms with E-state index in [1.807, 2.05) is 19.1 Å². The molecular formula is C28H27N4NaO6S. The van der Waals surface area contributed by atoms with Crippen LogP contribution in [0.1, 0.15) is 19.4 Å². The van der Waals surface area contributed by atoms with Crippen molar-refractivity contribution in [1.29, 1.82) is 0 Å². The first-order valence-corrected chi connectivity index (χ1v) is 13.4. The maximum absolute atomic E-state index is 12.1. The van der Waals surface area contributed by atoms with Crippen LogP contribution in [0.3, 0.4) is 0 Å². The number of rotatable bonds is 8. The van der Waals surface area contributed by atoms with Gasteiger partial charge in [0.05, 0.1) is 17.7 Å². The number of aryl methyl sites for hydroxylation is 1. The fourth-order valence-electron chi connectivity index (χ4n) is 4.11. The number of methoxy groups -OCH3 is 1. The van der Waals surface area contributed by atoms with Crippen LogP contribution in [0.4, 0.5) is 28.4 Å². The number of hydrogen-bond donors (Lipinski definition) is 2. The fraction of sp³-hybridized carbons (Fsp3) is 0.179. The van der Waals surface area contributed by atoms with Crippen LogP contribution < -0.4 is 44.5 Å². The van der Waals surface area contributed by atoms with Crippen molar-refractivity contribution in [1.82, 2.24) is 0 Å². The molecule has 0 aliphatic carbocycles. The Morgan fingerprint density at radius 2 is 1.70 bits per heavy atom. The van der Waals surface area contributed by atoms with Crippen LogP contribution in [0.2, 0.25) is 0 Å². The molecule has 4 aromatic rings. The van der Waals surface area contributed by atoms with Gasteiger partial charge in [-0.2, -0.15) is 5.11 Å². The van der Waals surface area contributed by atoms with Gasteiger partial charge in [-0.05, 0) is 79.4 Å². The number of benzene rings is 4. The zero-order valence-corrected chi connectivity index (χ0v) is 25.6. The average molecular weight is 571 g/mol. The average Bonchev–Trinajstić information content (AvgIpc) is 2.89. The summed E-state index contributed by atoms with van der Waals surface area (Å²) < 4.78 is 41.5. The Hall–Kier alpha value is -3.48. The first-order valence-electron chi connectivity index (χ1n) is 12.0. The Morgan fingerprint density at radius 1 is 1.02 bits per heavy atom. The van der Waals surface area contributed by atoms with Gasteiger partial charge in [-0.25, -0.2) is 8.42 Å². The summed E-state index contributed by atoms with van der Waals surface area (Å²) in [5, 5.41) is 23.1. The molecule has 2 N–H and O–H groups in total. The number of azo groups is 1. The van der Waals surface area contributed by atoms with E-state index in [2.05, 4.69) is 15.5 Å². The zero-order valence-electron chi connectivity index (χ0n) is 22.8. The Morgan fingerprint density at radius 3 is 2.30 bits per heavy atom. The molecule has 0 atom stereocenters. The van der Waals surface area contributed by atoms with Crippen molar-refractivity contribution in [2.45, 2.75) is 25.7 Å². The SMILES string of the molecule is CCN(C(C)=O)c1ccc(C)c(N=Nc2c(S(=O)(=O)[O-])cc3ccc(Nc4ccc(OC)cc4)cc3c2O)c1.[Na+]. The van der Waals surface area contributed by atoms with E-state index in [-0.39, 0.29) is 40.9 Å². The van der Waals surface area contributed by atoms with Crippen molar-refractivity contribution >= 4 is 55.2 Å². The normalized spacial score (nSPS) is 11.3. The molecule has 0 aliphatic heterocycles. The Kier molecular flexibility index (Phi) is 9.93. The summed E-state index contributed by atoms with van der Waals surface area (Å²) in [5.74, 6) is 0.0366. The topological polar surface area (TPSA) is 144 Å². The molecule has 0 radical (unpaired) electrons. The Balaban J connectivity index is 0.00000441. The molecule has 0 spiro atoms. The van der Waals surface area contributed by atoms with Gasteiger partial charge in [-0.3, -0.25) is 4.79 Å². The van der Waals surface area contributed by atoms with Gasteiger partial charge < -0.3 is 24.6 Å². The van der Waals surface area contributed by atoms with Crippen molar-refractivity contribution in [2.75, 3.05) is 23.9 Å². The minimum absolute atomic E-state index is 0. The van der Waals surface area contributed by atoms with Crippen LogP contribution >= 0.6 is 0 Å². The molecule has 0 bridgehead atoms. The zero-order chi connectivity index (χ0) is 28.3. The molecular weight excluding hydrogens is 543 g/mol. The monoisotopic (exact) mass is 570 g/mol. The first kappa shape index (κ1) is 31.1. The molecule has 0 heterocycles. The van der Waals surface area contributed by atoms with Crippen LogP contribution in [0.15, 0.2) is 81.9 Å². The van der Waals surface area contributed by atoms with E-state index in [0.717, 1.165) is 5.69 Å². The van der Waals surface area contributed by atoms with E-state index >= 15 is 0 Å². The molecule has 0 aliphatic rings. The summed E-state index contributed by atoms with van der Waals surface area (Å²) in [6.07, 6.45) is 0. The molecule has 10 nitrogen and oxygen atoms in total. The second kappa shape index (κ2) is 12.8. The summed E-state index contributed by atoms with van der Waals surface area (Å²) in [5.41, 5.74) is 2.52. The second-order valence-electron chi connectivity index (χ2n) is 8.75. The van der Waals surface area contributed by atoms with E-state index in [9.17, 15) is 22.9 Å². The number of fused-ring (bicyclic) bond motifs is 1. The second-order valence-corrected chi connectivity index (χ2v) is 10.1. The molecule has 0 unspecified atom stereocenters. The number of phenolic OH excluding ortho intramolecular Hbond substituents is 1. The molecule has 0 saturated carbocycles. The van der Waals surface area contributed by atoms with Gasteiger partial charge in [0.1, 0.15) is 21.6 Å². The predicted molar refractivity (Wildman–Crippen MR) is 149 cm³/mol. The number of phenols is 1. The van der Waals surface area contributed by atoms with Crippen molar-refractivity contribution in [3.63, 3.8) is 0 Å². The van der Waals surface area contributed by atoms with Gasteiger partial charge in [0.2, 0.25) is 5.91 Å². The standard InChI is InChI=1S/C28H28N4O6S.Na/c1-5-32(18(3)33)22-11-6-17(2)25(16-22)30-31-27-26(39(35,36)37)14-19-7-8-21(15-24(19)28(27)34)29-20-9-12-23(38-4)13-10-20;/h6-16,29,34H,5H2,1-4H3,(H,35,36,37);/q;+1/p-1. The first-order chi connectivity index (χ1) is 18.5. The molecule has 202 valence electrons. The number of carbonyl (C=O) groups excluding carboxylic acids is 1. The molecule has 1 amide bonds. The van der Waals surface area contributed by atoms with Gasteiger partial charge in [0.15, 0.2) is 5.75 Å². The Labute approximate surface area is 254 Å². The van der Waals surface area contributed by atoms with Crippen molar-refractivity contribution in [3.05, 3.63) is 72.3 Å². The third kappa shape index (κ3) is 6.80. The van der Waals surface area contributed by atoms with Gasteiger partial charge in [0.25, 0.3) is 0 Å². The third-order valence-corrected chi connectivity index (χ3v) is 7.01. The largest absolute Gasteiger partial charge is 1.00 e. The Bertz CT molecular complexity index is 1690. The summed E-state index contributed by atoms with van der Waals surface area (Å²) in [7, 11) is -3.43. The van der Waals surface area contributed by atoms with Crippen molar-refractivity contribution in [2.24, 2.45) is 10.2 Å². The smallest absolute Gasteiger partial charge is 0.744 e. The summed E-state index contributed by atoms with van der Waals surface area (Å²) in [6, 6.07) is 18.4. The third-order valence-electron chi connectivity index (χ3n) is 6.16. The maximum atomic E-state index is 12.1. The quantitative estimate of drug-likeness (QED) is 0.188. The summed E-state index contributed by atoms with van der Waals surface area (Å²) >= 11 is 0. The number of nitrogens with zero attached hydrogens (tertiary/aromatic N) is 3. The van der Waals surface area contributed by atoms with Crippen molar-refractivity contribution in [3.8, 4) is 11.5 Å². The summed E-state index contributed by atoms with van der Waals surface area (Å²) in [4.78, 5) is 12.8. The van der Waals surface area contributed by atoms with Gasteiger partial charge in [-0.1, -0.05) is 12.1 Å². The maximum Gasteiger partial charge on any atom is 1.00 e. The van der Waals surface area contributed by atoms with Crippen LogP contribution in [-0.2, 0) is 14.9 Å². The molecule has 40 heavy (non-hydrogen) atoms. The van der Waals surface area contributed by atoms with Gasteiger partial charge >= 0.3 is 29.6 Å². The van der Waals surface area contributed by atoms with E-state index in [1.54, 1.807) is 62.6 Å². The molecule has 4 aromatic carbocycles. The van der Waals surface area contributed by atoms with Crippen LogP contribution in [-0.4, -0.2) is 37.6 Å². The molecule has 12 heteroatoms. The van der Waals surface area contributed by atoms with E-state index in [4.69, 9.17) is 4.74 Å². The van der Waals surface area contributed by atoms with Crippen LogP contribution in [0, 0.1) is 6.92 Å².